The molecule has 5 rings (SSSR count). The van der Waals surface area contributed by atoms with Crippen molar-refractivity contribution >= 4 is 5.78 Å². The summed E-state index contributed by atoms with van der Waals surface area (Å²) in [5, 5.41) is 0. The second-order valence-corrected chi connectivity index (χ2v) is 11.5. The third-order valence-corrected chi connectivity index (χ3v) is 10.4. The Morgan fingerprint density at radius 3 is 2.64 bits per heavy atom. The fourth-order valence-electron chi connectivity index (χ4n) is 8.82. The third-order valence-electron chi connectivity index (χ3n) is 10.4. The van der Waals surface area contributed by atoms with Gasteiger partial charge >= 0.3 is 0 Å². The summed E-state index contributed by atoms with van der Waals surface area (Å²) in [4.78, 5) is 15.0. The van der Waals surface area contributed by atoms with Gasteiger partial charge in [0.25, 0.3) is 0 Å². The van der Waals surface area contributed by atoms with Crippen molar-refractivity contribution in [3.63, 3.8) is 0 Å². The molecule has 0 bridgehead atoms. The van der Waals surface area contributed by atoms with Crippen LogP contribution >= 0.6 is 0 Å². The number of Topliss-reactive ketones (excluding diaryl/α,β-unsaturated/α-hetero) is 1. The molecule has 2 heteroatoms. The van der Waals surface area contributed by atoms with Gasteiger partial charge in [0.1, 0.15) is 5.78 Å². The molecule has 0 N–H and O–H groups in total. The van der Waals surface area contributed by atoms with Crippen molar-refractivity contribution in [2.24, 2.45) is 40.4 Å². The Kier molecular flexibility index (Phi) is 4.71. The lowest BCUT2D eigenvalue weighted by Crippen LogP contribution is -2.57. The molecule has 0 aromatic carbocycles. The van der Waals surface area contributed by atoms with E-state index >= 15 is 0 Å². The molecule has 0 aromatic heterocycles. The molecule has 7 atom stereocenters. The predicted octanol–water partition coefficient (Wildman–Crippen LogP) is 6.21. The maximum Gasteiger partial charge on any atom is 0.133 e. The lowest BCUT2D eigenvalue weighted by Gasteiger charge is -2.62. The lowest BCUT2D eigenvalue weighted by molar-refractivity contribution is -0.148. The van der Waals surface area contributed by atoms with Gasteiger partial charge in [0.2, 0.25) is 0 Å². The second-order valence-electron chi connectivity index (χ2n) is 11.5. The number of likely N-dealkylation sites (tertiary alicyclic amines) is 1. The number of carbonyl (C=O) groups is 1. The quantitative estimate of drug-likeness (QED) is 0.564. The van der Waals surface area contributed by atoms with Crippen LogP contribution in [0.1, 0.15) is 91.4 Å². The monoisotopic (exact) mass is 383 g/mol. The first kappa shape index (κ1) is 19.2. The van der Waals surface area contributed by atoms with Crippen LogP contribution < -0.4 is 0 Å². The highest BCUT2D eigenvalue weighted by molar-refractivity contribution is 5.79. The number of fused-ring (bicyclic) bond motifs is 5. The number of carbonyl (C=O) groups excluding carboxylic acids is 1. The maximum atomic E-state index is 12.3. The van der Waals surface area contributed by atoms with Gasteiger partial charge in [-0.2, -0.15) is 0 Å². The normalized spacial score (nSPS) is 48.5. The molecule has 3 saturated carbocycles. The van der Waals surface area contributed by atoms with Gasteiger partial charge < -0.3 is 4.90 Å². The summed E-state index contributed by atoms with van der Waals surface area (Å²) in [6.07, 6.45) is 16.5. The molecule has 0 radical (unpaired) electrons. The zero-order chi connectivity index (χ0) is 19.5. The number of hydrogen-bond donors (Lipinski definition) is 0. The molecule has 0 amide bonds. The Morgan fingerprint density at radius 2 is 1.89 bits per heavy atom. The molecule has 4 fully saturated rings. The van der Waals surface area contributed by atoms with Gasteiger partial charge in [-0.15, -0.1) is 0 Å². The van der Waals surface area contributed by atoms with Crippen LogP contribution in [0, 0.1) is 40.4 Å². The molecule has 2 nitrogen and oxygen atoms in total. The predicted molar refractivity (Wildman–Crippen MR) is 115 cm³/mol. The third kappa shape index (κ3) is 2.68. The summed E-state index contributed by atoms with van der Waals surface area (Å²) in [5.74, 6) is 4.65. The Labute approximate surface area is 172 Å². The molecule has 0 spiro atoms. The van der Waals surface area contributed by atoms with Crippen molar-refractivity contribution in [3.05, 3.63) is 11.8 Å². The van der Waals surface area contributed by atoms with E-state index in [2.05, 4.69) is 31.7 Å². The Morgan fingerprint density at radius 1 is 1.11 bits per heavy atom. The van der Waals surface area contributed by atoms with Gasteiger partial charge in [-0.3, -0.25) is 4.79 Å². The van der Waals surface area contributed by atoms with Crippen LogP contribution in [0.5, 0.6) is 0 Å². The summed E-state index contributed by atoms with van der Waals surface area (Å²) >= 11 is 0. The maximum absolute atomic E-state index is 12.3. The van der Waals surface area contributed by atoms with E-state index in [1.807, 2.05) is 0 Å². The van der Waals surface area contributed by atoms with Crippen molar-refractivity contribution in [1.82, 2.24) is 4.90 Å². The largest absolute Gasteiger partial charge is 0.375 e. The van der Waals surface area contributed by atoms with Gasteiger partial charge in [-0.05, 0) is 86.4 Å². The standard InChI is InChI=1S/C26H41NO/c1-4-18-16-19-17-20(28)10-12-25(19,2)22-11-13-26(3)21(24(18)22)8-9-23(26)27-14-6-5-7-15-27/h9,18-19,21-22,24H,4-8,10-17H2,1-3H3/t18-,19?,21-,22-,24-,25-,26-/m0/s1. The van der Waals surface area contributed by atoms with Crippen LogP contribution in [-0.2, 0) is 4.79 Å². The summed E-state index contributed by atoms with van der Waals surface area (Å²) in [6, 6.07) is 0. The zero-order valence-corrected chi connectivity index (χ0v) is 18.5. The molecule has 0 aromatic rings. The first-order chi connectivity index (χ1) is 13.5. The molecule has 1 saturated heterocycles. The fraction of sp³-hybridized carbons (Fsp3) is 0.885. The minimum Gasteiger partial charge on any atom is -0.375 e. The summed E-state index contributed by atoms with van der Waals surface area (Å²) in [7, 11) is 0. The molecule has 1 unspecified atom stereocenters. The van der Waals surface area contributed by atoms with Crippen molar-refractivity contribution < 1.29 is 4.79 Å². The minimum atomic E-state index is 0.416. The van der Waals surface area contributed by atoms with Gasteiger partial charge in [0, 0.05) is 37.0 Å². The van der Waals surface area contributed by atoms with E-state index in [4.69, 9.17) is 0 Å². The Balaban J connectivity index is 1.45. The van der Waals surface area contributed by atoms with E-state index in [1.54, 1.807) is 5.70 Å². The van der Waals surface area contributed by atoms with E-state index in [-0.39, 0.29) is 0 Å². The number of hydrogen-bond acceptors (Lipinski definition) is 2. The first-order valence-electron chi connectivity index (χ1n) is 12.4. The number of allylic oxidation sites excluding steroid dienone is 2. The number of ketones is 1. The summed E-state index contributed by atoms with van der Waals surface area (Å²) in [5.41, 5.74) is 2.58. The minimum absolute atomic E-state index is 0.416. The van der Waals surface area contributed by atoms with Gasteiger partial charge in [0.15, 0.2) is 0 Å². The van der Waals surface area contributed by atoms with Crippen LogP contribution in [0.4, 0.5) is 0 Å². The topological polar surface area (TPSA) is 20.3 Å². The van der Waals surface area contributed by atoms with Gasteiger partial charge in [-0.25, -0.2) is 0 Å². The lowest BCUT2D eigenvalue weighted by atomic mass is 9.42. The molecular weight excluding hydrogens is 342 g/mol. The Hall–Kier alpha value is -0.790. The zero-order valence-electron chi connectivity index (χ0n) is 18.5. The average molecular weight is 384 g/mol. The second kappa shape index (κ2) is 6.88. The van der Waals surface area contributed by atoms with Gasteiger partial charge in [-0.1, -0.05) is 33.3 Å². The van der Waals surface area contributed by atoms with Crippen LogP contribution in [0.3, 0.4) is 0 Å². The number of piperidine rings is 1. The summed E-state index contributed by atoms with van der Waals surface area (Å²) in [6.45, 7) is 10.2. The molecular formula is C26H41NO. The van der Waals surface area contributed by atoms with E-state index < -0.39 is 0 Å². The fourth-order valence-corrected chi connectivity index (χ4v) is 8.82. The molecule has 4 aliphatic carbocycles. The van der Waals surface area contributed by atoms with E-state index in [9.17, 15) is 4.79 Å². The molecule has 156 valence electrons. The molecule has 1 heterocycles. The number of nitrogens with zero attached hydrogens (tertiary/aromatic N) is 1. The molecule has 5 aliphatic rings. The van der Waals surface area contributed by atoms with Crippen LogP contribution in [0.25, 0.3) is 0 Å². The van der Waals surface area contributed by atoms with Crippen molar-refractivity contribution in [3.8, 4) is 0 Å². The van der Waals surface area contributed by atoms with E-state index in [1.165, 1.54) is 70.9 Å². The Bertz CT molecular complexity index is 661. The van der Waals surface area contributed by atoms with Crippen LogP contribution in [-0.4, -0.2) is 23.8 Å². The summed E-state index contributed by atoms with van der Waals surface area (Å²) < 4.78 is 0. The van der Waals surface area contributed by atoms with Gasteiger partial charge in [0.05, 0.1) is 0 Å². The van der Waals surface area contributed by atoms with Crippen LogP contribution in [0.2, 0.25) is 0 Å². The molecule has 1 aliphatic heterocycles. The van der Waals surface area contributed by atoms with Crippen molar-refractivity contribution in [1.29, 1.82) is 0 Å². The average Bonchev–Trinajstić information content (AvgIpc) is 3.06. The number of rotatable bonds is 2. The van der Waals surface area contributed by atoms with Crippen molar-refractivity contribution in [2.75, 3.05) is 13.1 Å². The van der Waals surface area contributed by atoms with E-state index in [0.717, 1.165) is 36.5 Å². The highest BCUT2D eigenvalue weighted by Crippen LogP contribution is 2.68. The van der Waals surface area contributed by atoms with Crippen molar-refractivity contribution in [2.45, 2.75) is 91.4 Å². The molecule has 28 heavy (non-hydrogen) atoms. The highest BCUT2D eigenvalue weighted by Gasteiger charge is 2.61. The highest BCUT2D eigenvalue weighted by atomic mass is 16.1. The van der Waals surface area contributed by atoms with Crippen LogP contribution in [0.15, 0.2) is 11.8 Å². The van der Waals surface area contributed by atoms with E-state index in [0.29, 0.717) is 22.5 Å². The smallest absolute Gasteiger partial charge is 0.133 e. The SMILES string of the molecule is CC[C@H]1CC2CC(=O)CC[C@]2(C)[C@H]2CC[C@]3(C)C(N4CCCCC4)=CC[C@H]3[C@H]12. The first-order valence-corrected chi connectivity index (χ1v) is 12.4.